The number of pyridine rings is 1. The Morgan fingerprint density at radius 2 is 1.89 bits per heavy atom. The van der Waals surface area contributed by atoms with Gasteiger partial charge in [-0.15, -0.1) is 0 Å². The van der Waals surface area contributed by atoms with Gasteiger partial charge in [-0.1, -0.05) is 36.8 Å². The van der Waals surface area contributed by atoms with Gasteiger partial charge in [0, 0.05) is 18.0 Å². The molecule has 0 saturated carbocycles. The number of hydrogen-bond donors (Lipinski definition) is 0. The number of nitrogens with zero attached hydrogens (tertiary/aromatic N) is 2. The Morgan fingerprint density at radius 1 is 1.11 bits per heavy atom. The second-order valence-electron chi connectivity index (χ2n) is 4.65. The van der Waals surface area contributed by atoms with Gasteiger partial charge in [-0.3, -0.25) is 0 Å². The molecule has 0 atom stereocenters. The van der Waals surface area contributed by atoms with E-state index in [0.29, 0.717) is 0 Å². The quantitative estimate of drug-likeness (QED) is 0.660. The number of imidazole rings is 1. The average molecular weight is 236 g/mol. The zero-order valence-corrected chi connectivity index (χ0v) is 10.7. The molecule has 2 nitrogen and oxygen atoms in total. The van der Waals surface area contributed by atoms with E-state index in [1.54, 1.807) is 0 Å². The molecule has 3 aromatic rings. The van der Waals surface area contributed by atoms with E-state index in [9.17, 15) is 0 Å². The lowest BCUT2D eigenvalue weighted by atomic mass is 10.1. The first-order valence-electron chi connectivity index (χ1n) is 6.31. The molecule has 3 rings (SSSR count). The van der Waals surface area contributed by atoms with E-state index >= 15 is 0 Å². The predicted molar refractivity (Wildman–Crippen MR) is 74.7 cm³/mol. The van der Waals surface area contributed by atoms with Crippen molar-refractivity contribution in [2.24, 2.45) is 0 Å². The molecule has 0 N–H and O–H groups in total. The van der Waals surface area contributed by atoms with Crippen LogP contribution in [0.15, 0.2) is 48.8 Å². The number of hydrogen-bond acceptors (Lipinski definition) is 1. The summed E-state index contributed by atoms with van der Waals surface area (Å²) in [6.07, 6.45) is 5.21. The molecule has 2 heteroatoms. The van der Waals surface area contributed by atoms with Crippen LogP contribution in [-0.2, 0) is 6.42 Å². The zero-order chi connectivity index (χ0) is 12.5. The second kappa shape index (κ2) is 4.30. The lowest BCUT2D eigenvalue weighted by Crippen LogP contribution is -1.85. The minimum atomic E-state index is 1.02. The summed E-state index contributed by atoms with van der Waals surface area (Å²) < 4.78 is 2.08. The van der Waals surface area contributed by atoms with Gasteiger partial charge in [-0.05, 0) is 31.0 Å². The summed E-state index contributed by atoms with van der Waals surface area (Å²) in [4.78, 5) is 4.68. The summed E-state index contributed by atoms with van der Waals surface area (Å²) in [5.41, 5.74) is 5.81. The van der Waals surface area contributed by atoms with Crippen LogP contribution in [0.3, 0.4) is 0 Å². The molecule has 0 spiro atoms. The number of rotatable bonds is 2. The molecule has 0 aliphatic rings. The Labute approximate surface area is 107 Å². The molecule has 90 valence electrons. The van der Waals surface area contributed by atoms with E-state index in [1.165, 1.54) is 16.7 Å². The molecule has 0 aliphatic carbocycles. The van der Waals surface area contributed by atoms with Crippen molar-refractivity contribution in [3.63, 3.8) is 0 Å². The van der Waals surface area contributed by atoms with Crippen molar-refractivity contribution in [1.82, 2.24) is 9.38 Å². The molecule has 0 saturated heterocycles. The van der Waals surface area contributed by atoms with Gasteiger partial charge < -0.3 is 4.40 Å². The third-order valence-corrected chi connectivity index (χ3v) is 3.28. The van der Waals surface area contributed by atoms with Crippen molar-refractivity contribution in [3.05, 3.63) is 59.9 Å². The van der Waals surface area contributed by atoms with E-state index in [-0.39, 0.29) is 0 Å². The topological polar surface area (TPSA) is 17.3 Å². The Balaban J connectivity index is 2.10. The van der Waals surface area contributed by atoms with Crippen molar-refractivity contribution in [2.45, 2.75) is 20.3 Å². The summed E-state index contributed by atoms with van der Waals surface area (Å²) in [7, 11) is 0. The first kappa shape index (κ1) is 11.0. The minimum absolute atomic E-state index is 1.02. The first-order chi connectivity index (χ1) is 8.76. The highest BCUT2D eigenvalue weighted by molar-refractivity contribution is 5.63. The van der Waals surface area contributed by atoms with Crippen molar-refractivity contribution in [1.29, 1.82) is 0 Å². The fourth-order valence-corrected chi connectivity index (χ4v) is 2.11. The first-order valence-corrected chi connectivity index (χ1v) is 6.31. The number of aryl methyl sites for hydroxylation is 2. The smallest absolute Gasteiger partial charge is 0.137 e. The van der Waals surface area contributed by atoms with Crippen LogP contribution in [0.5, 0.6) is 0 Å². The van der Waals surface area contributed by atoms with Crippen LogP contribution in [0.25, 0.3) is 16.9 Å². The maximum absolute atomic E-state index is 4.68. The van der Waals surface area contributed by atoms with Crippen LogP contribution in [0.4, 0.5) is 0 Å². The summed E-state index contributed by atoms with van der Waals surface area (Å²) in [5, 5.41) is 0. The molecule has 18 heavy (non-hydrogen) atoms. The fraction of sp³-hybridized carbons (Fsp3) is 0.188. The van der Waals surface area contributed by atoms with E-state index in [2.05, 4.69) is 72.0 Å². The van der Waals surface area contributed by atoms with E-state index in [0.717, 1.165) is 17.8 Å². The van der Waals surface area contributed by atoms with E-state index in [4.69, 9.17) is 0 Å². The van der Waals surface area contributed by atoms with Crippen molar-refractivity contribution in [3.8, 4) is 11.3 Å². The average Bonchev–Trinajstić information content (AvgIpc) is 2.82. The highest BCUT2D eigenvalue weighted by atomic mass is 15.0. The molecule has 0 aliphatic heterocycles. The van der Waals surface area contributed by atoms with Crippen LogP contribution in [0.1, 0.15) is 18.1 Å². The van der Waals surface area contributed by atoms with Crippen LogP contribution >= 0.6 is 0 Å². The molecule has 0 fully saturated rings. The monoisotopic (exact) mass is 236 g/mol. The van der Waals surface area contributed by atoms with E-state index < -0.39 is 0 Å². The second-order valence-corrected chi connectivity index (χ2v) is 4.65. The molecular weight excluding hydrogens is 220 g/mol. The normalized spacial score (nSPS) is 11.0. The molecule has 2 aromatic heterocycles. The molecule has 0 unspecified atom stereocenters. The van der Waals surface area contributed by atoms with Gasteiger partial charge in [0.15, 0.2) is 0 Å². The number of fused-ring (bicyclic) bond motifs is 1. The van der Waals surface area contributed by atoms with Gasteiger partial charge >= 0.3 is 0 Å². The van der Waals surface area contributed by atoms with Crippen LogP contribution in [0, 0.1) is 6.92 Å². The summed E-state index contributed by atoms with van der Waals surface area (Å²) >= 11 is 0. The molecular formula is C16H16N2. The highest BCUT2D eigenvalue weighted by Gasteiger charge is 2.04. The Hall–Kier alpha value is -2.09. The molecule has 0 radical (unpaired) electrons. The third kappa shape index (κ3) is 1.90. The van der Waals surface area contributed by atoms with Crippen LogP contribution in [-0.4, -0.2) is 9.38 Å². The van der Waals surface area contributed by atoms with Crippen molar-refractivity contribution >= 4 is 5.65 Å². The lowest BCUT2D eigenvalue weighted by molar-refractivity contribution is 1.10. The Kier molecular flexibility index (Phi) is 2.63. The van der Waals surface area contributed by atoms with Gasteiger partial charge in [0.1, 0.15) is 5.65 Å². The maximum Gasteiger partial charge on any atom is 0.137 e. The zero-order valence-electron chi connectivity index (χ0n) is 10.7. The molecule has 2 heterocycles. The fourth-order valence-electron chi connectivity index (χ4n) is 2.11. The lowest BCUT2D eigenvalue weighted by Gasteiger charge is -1.96. The van der Waals surface area contributed by atoms with Gasteiger partial charge in [0.25, 0.3) is 0 Å². The molecule has 0 amide bonds. The largest absolute Gasteiger partial charge is 0.306 e. The van der Waals surface area contributed by atoms with Gasteiger partial charge in [-0.2, -0.15) is 0 Å². The Bertz CT molecular complexity index is 678. The molecule has 0 bridgehead atoms. The van der Waals surface area contributed by atoms with Gasteiger partial charge in [0.05, 0.1) is 5.69 Å². The summed E-state index contributed by atoms with van der Waals surface area (Å²) in [6.45, 7) is 4.26. The maximum atomic E-state index is 4.68. The Morgan fingerprint density at radius 3 is 2.61 bits per heavy atom. The van der Waals surface area contributed by atoms with Crippen LogP contribution < -0.4 is 0 Å². The SMILES string of the molecule is CCc1ccn2cc(-c3ccc(C)cc3)nc2c1. The molecule has 1 aromatic carbocycles. The number of aromatic nitrogens is 2. The number of benzene rings is 1. The van der Waals surface area contributed by atoms with E-state index in [1.807, 2.05) is 0 Å². The van der Waals surface area contributed by atoms with Crippen molar-refractivity contribution < 1.29 is 0 Å². The van der Waals surface area contributed by atoms with Crippen LogP contribution in [0.2, 0.25) is 0 Å². The minimum Gasteiger partial charge on any atom is -0.306 e. The highest BCUT2D eigenvalue weighted by Crippen LogP contribution is 2.20. The summed E-state index contributed by atoms with van der Waals surface area (Å²) in [6, 6.07) is 12.8. The van der Waals surface area contributed by atoms with Crippen molar-refractivity contribution in [2.75, 3.05) is 0 Å². The predicted octanol–water partition coefficient (Wildman–Crippen LogP) is 3.87. The standard InChI is InChI=1S/C16H16N2/c1-3-13-8-9-18-11-15(17-16(18)10-13)14-6-4-12(2)5-7-14/h4-11H,3H2,1-2H3. The third-order valence-electron chi connectivity index (χ3n) is 3.28. The summed E-state index contributed by atoms with van der Waals surface area (Å²) in [5.74, 6) is 0. The van der Waals surface area contributed by atoms with Gasteiger partial charge in [-0.25, -0.2) is 4.98 Å². The van der Waals surface area contributed by atoms with Gasteiger partial charge in [0.2, 0.25) is 0 Å².